The number of hydrogen-bond acceptors (Lipinski definition) is 3. The zero-order valence-corrected chi connectivity index (χ0v) is 9.70. The number of aromatic nitrogens is 2. The van der Waals surface area contributed by atoms with E-state index in [2.05, 4.69) is 17.7 Å². The van der Waals surface area contributed by atoms with Gasteiger partial charge in [-0.15, -0.1) is 0 Å². The molecule has 0 radical (unpaired) electrons. The minimum absolute atomic E-state index is 0.640. The molecule has 0 saturated heterocycles. The molecule has 1 aromatic heterocycles. The average Bonchev–Trinajstić information content (AvgIpc) is 2.38. The second kappa shape index (κ2) is 4.18. The molecule has 0 fully saturated rings. The summed E-state index contributed by atoms with van der Waals surface area (Å²) in [6.07, 6.45) is 0. The zero-order valence-electron chi connectivity index (χ0n) is 9.70. The number of rotatable bonds is 3. The van der Waals surface area contributed by atoms with Crippen LogP contribution >= 0.6 is 0 Å². The predicted octanol–water partition coefficient (Wildman–Crippen LogP) is 1.61. The number of likely N-dealkylation sites (N-methyl/N-ethyl adjacent to an activating group) is 1. The van der Waals surface area contributed by atoms with Gasteiger partial charge in [-0.1, -0.05) is 12.2 Å². The van der Waals surface area contributed by atoms with Crippen LogP contribution in [0.2, 0.25) is 0 Å². The summed E-state index contributed by atoms with van der Waals surface area (Å²) in [7, 11) is 3.78. The fourth-order valence-electron chi connectivity index (χ4n) is 1.69. The van der Waals surface area contributed by atoms with Gasteiger partial charge in [0.05, 0.1) is 5.69 Å². The van der Waals surface area contributed by atoms with Crippen molar-refractivity contribution in [2.45, 2.75) is 13.8 Å². The molecule has 15 heavy (non-hydrogen) atoms. The Morgan fingerprint density at radius 1 is 1.67 bits per heavy atom. The molecule has 80 valence electrons. The SMILES string of the molecule is C=C(C)CN(C)c1c(C#N)c(C)nn1C. The third kappa shape index (κ3) is 2.18. The molecule has 0 spiro atoms. The lowest BCUT2D eigenvalue weighted by molar-refractivity contribution is 0.736. The molecule has 1 rings (SSSR count). The number of anilines is 1. The Morgan fingerprint density at radius 3 is 2.73 bits per heavy atom. The maximum Gasteiger partial charge on any atom is 0.145 e. The van der Waals surface area contributed by atoms with Crippen molar-refractivity contribution in [1.82, 2.24) is 9.78 Å². The first kappa shape index (κ1) is 11.3. The molecular weight excluding hydrogens is 188 g/mol. The highest BCUT2D eigenvalue weighted by Gasteiger charge is 2.16. The van der Waals surface area contributed by atoms with Crippen LogP contribution in [-0.2, 0) is 7.05 Å². The molecule has 0 N–H and O–H groups in total. The minimum atomic E-state index is 0.640. The normalized spacial score (nSPS) is 9.80. The Morgan fingerprint density at radius 2 is 2.27 bits per heavy atom. The van der Waals surface area contributed by atoms with Gasteiger partial charge in [0.1, 0.15) is 17.5 Å². The summed E-state index contributed by atoms with van der Waals surface area (Å²) in [5.74, 6) is 0.845. The van der Waals surface area contributed by atoms with Gasteiger partial charge in [-0.05, 0) is 13.8 Å². The highest BCUT2D eigenvalue weighted by atomic mass is 15.4. The lowest BCUT2D eigenvalue weighted by Crippen LogP contribution is -2.22. The molecule has 0 unspecified atom stereocenters. The van der Waals surface area contributed by atoms with E-state index in [1.165, 1.54) is 0 Å². The molecule has 4 nitrogen and oxygen atoms in total. The van der Waals surface area contributed by atoms with Gasteiger partial charge in [0, 0.05) is 20.6 Å². The molecule has 0 aliphatic heterocycles. The standard InChI is InChI=1S/C11H16N4/c1-8(2)7-14(4)11-10(6-12)9(3)13-15(11)5/h1,7H2,2-5H3. The van der Waals surface area contributed by atoms with Crippen molar-refractivity contribution in [2.75, 3.05) is 18.5 Å². The largest absolute Gasteiger partial charge is 0.355 e. The first-order valence-corrected chi connectivity index (χ1v) is 4.76. The maximum atomic E-state index is 9.04. The fourth-order valence-corrected chi connectivity index (χ4v) is 1.69. The second-order valence-corrected chi connectivity index (χ2v) is 3.83. The van der Waals surface area contributed by atoms with Gasteiger partial charge in [-0.2, -0.15) is 10.4 Å². The van der Waals surface area contributed by atoms with E-state index in [0.29, 0.717) is 5.56 Å². The maximum absolute atomic E-state index is 9.04. The third-order valence-corrected chi connectivity index (χ3v) is 2.17. The smallest absolute Gasteiger partial charge is 0.145 e. The topological polar surface area (TPSA) is 44.9 Å². The number of nitriles is 1. The Balaban J connectivity index is 3.13. The average molecular weight is 204 g/mol. The van der Waals surface area contributed by atoms with Crippen molar-refractivity contribution in [3.05, 3.63) is 23.4 Å². The monoisotopic (exact) mass is 204 g/mol. The molecule has 0 bridgehead atoms. The van der Waals surface area contributed by atoms with E-state index in [-0.39, 0.29) is 0 Å². The quantitative estimate of drug-likeness (QED) is 0.703. The van der Waals surface area contributed by atoms with E-state index in [1.54, 1.807) is 4.68 Å². The van der Waals surface area contributed by atoms with Gasteiger partial charge in [-0.25, -0.2) is 0 Å². The van der Waals surface area contributed by atoms with Crippen LogP contribution in [0.4, 0.5) is 5.82 Å². The van der Waals surface area contributed by atoms with E-state index in [4.69, 9.17) is 5.26 Å². The third-order valence-electron chi connectivity index (χ3n) is 2.17. The Labute approximate surface area is 90.4 Å². The van der Waals surface area contributed by atoms with Gasteiger partial charge in [-0.3, -0.25) is 4.68 Å². The summed E-state index contributed by atoms with van der Waals surface area (Å²) in [5, 5.41) is 13.3. The molecule has 0 amide bonds. The number of aryl methyl sites for hydroxylation is 2. The summed E-state index contributed by atoms with van der Waals surface area (Å²) >= 11 is 0. The molecular formula is C11H16N4. The van der Waals surface area contributed by atoms with Gasteiger partial charge < -0.3 is 4.90 Å². The van der Waals surface area contributed by atoms with Gasteiger partial charge in [0.25, 0.3) is 0 Å². The highest BCUT2D eigenvalue weighted by molar-refractivity contribution is 5.56. The van der Waals surface area contributed by atoms with Crippen LogP contribution < -0.4 is 4.90 Å². The van der Waals surface area contributed by atoms with Crippen LogP contribution in [-0.4, -0.2) is 23.4 Å². The van der Waals surface area contributed by atoms with E-state index >= 15 is 0 Å². The lowest BCUT2D eigenvalue weighted by atomic mass is 10.2. The zero-order chi connectivity index (χ0) is 11.6. The summed E-state index contributed by atoms with van der Waals surface area (Å²) in [5.41, 5.74) is 2.46. The van der Waals surface area contributed by atoms with Crippen molar-refractivity contribution in [3.63, 3.8) is 0 Å². The molecule has 0 aromatic carbocycles. The molecule has 0 aliphatic carbocycles. The van der Waals surface area contributed by atoms with E-state index in [0.717, 1.165) is 23.6 Å². The van der Waals surface area contributed by atoms with Crippen LogP contribution in [0.3, 0.4) is 0 Å². The van der Waals surface area contributed by atoms with Crippen LogP contribution in [0.5, 0.6) is 0 Å². The fraction of sp³-hybridized carbons (Fsp3) is 0.455. The van der Waals surface area contributed by atoms with Gasteiger partial charge in [0.2, 0.25) is 0 Å². The van der Waals surface area contributed by atoms with Crippen molar-refractivity contribution in [1.29, 1.82) is 5.26 Å². The molecule has 0 saturated carbocycles. The summed E-state index contributed by atoms with van der Waals surface area (Å²) in [4.78, 5) is 1.99. The summed E-state index contributed by atoms with van der Waals surface area (Å²) in [6.45, 7) is 8.40. The van der Waals surface area contributed by atoms with Crippen LogP contribution in [0, 0.1) is 18.3 Å². The van der Waals surface area contributed by atoms with Crippen LogP contribution in [0.15, 0.2) is 12.2 Å². The van der Waals surface area contributed by atoms with Crippen molar-refractivity contribution in [2.24, 2.45) is 7.05 Å². The molecule has 4 heteroatoms. The summed E-state index contributed by atoms with van der Waals surface area (Å²) in [6, 6.07) is 2.18. The van der Waals surface area contributed by atoms with E-state index < -0.39 is 0 Å². The Kier molecular flexibility index (Phi) is 3.15. The molecule has 0 atom stereocenters. The first-order valence-electron chi connectivity index (χ1n) is 4.76. The highest BCUT2D eigenvalue weighted by Crippen LogP contribution is 2.21. The first-order chi connectivity index (χ1) is 6.97. The number of nitrogens with zero attached hydrogens (tertiary/aromatic N) is 4. The number of hydrogen-bond donors (Lipinski definition) is 0. The second-order valence-electron chi connectivity index (χ2n) is 3.83. The molecule has 0 aliphatic rings. The Bertz CT molecular complexity index is 423. The van der Waals surface area contributed by atoms with Crippen LogP contribution in [0.1, 0.15) is 18.2 Å². The summed E-state index contributed by atoms with van der Waals surface area (Å²) < 4.78 is 1.73. The Hall–Kier alpha value is -1.76. The predicted molar refractivity (Wildman–Crippen MR) is 60.7 cm³/mol. The van der Waals surface area contributed by atoms with E-state index in [1.807, 2.05) is 32.8 Å². The molecule has 1 aromatic rings. The van der Waals surface area contributed by atoms with Crippen LogP contribution in [0.25, 0.3) is 0 Å². The van der Waals surface area contributed by atoms with Gasteiger partial charge >= 0.3 is 0 Å². The van der Waals surface area contributed by atoms with Gasteiger partial charge in [0.15, 0.2) is 0 Å². The lowest BCUT2D eigenvalue weighted by Gasteiger charge is -2.19. The minimum Gasteiger partial charge on any atom is -0.355 e. The van der Waals surface area contributed by atoms with E-state index in [9.17, 15) is 0 Å². The van der Waals surface area contributed by atoms with Crippen molar-refractivity contribution >= 4 is 5.82 Å². The van der Waals surface area contributed by atoms with Crippen molar-refractivity contribution in [3.8, 4) is 6.07 Å². The van der Waals surface area contributed by atoms with Crippen molar-refractivity contribution < 1.29 is 0 Å². The molecule has 1 heterocycles.